The van der Waals surface area contributed by atoms with Gasteiger partial charge in [0, 0.05) is 5.39 Å². The Balaban J connectivity index is 1.47. The maximum atomic E-state index is 13.2. The standard InChI is InChI=1S/C22H18FN3O4S/c1-13-16-11-19(31-21(16)26(25-13)15-9-7-14(23)8-10-15)22(28)30-12-20(27)24-17-5-3-4-6-18(17)29-2/h3-11H,12H2,1-2H3,(H,24,27). The highest BCUT2D eigenvalue weighted by atomic mass is 32.1. The second-order valence-electron chi connectivity index (χ2n) is 6.63. The van der Waals surface area contributed by atoms with Crippen molar-refractivity contribution < 1.29 is 23.5 Å². The van der Waals surface area contributed by atoms with Crippen LogP contribution in [0.15, 0.2) is 54.6 Å². The quantitative estimate of drug-likeness (QED) is 0.452. The summed E-state index contributed by atoms with van der Waals surface area (Å²) in [6.07, 6.45) is 0. The lowest BCUT2D eigenvalue weighted by Gasteiger charge is -2.09. The predicted molar refractivity (Wildman–Crippen MR) is 116 cm³/mol. The molecule has 1 N–H and O–H groups in total. The summed E-state index contributed by atoms with van der Waals surface area (Å²) in [4.78, 5) is 25.7. The number of rotatable bonds is 6. The number of hydrogen-bond acceptors (Lipinski definition) is 6. The van der Waals surface area contributed by atoms with Crippen molar-refractivity contribution in [3.63, 3.8) is 0 Å². The number of nitrogens with zero attached hydrogens (tertiary/aromatic N) is 2. The minimum atomic E-state index is -0.610. The fraction of sp³-hybridized carbons (Fsp3) is 0.136. The van der Waals surface area contributed by atoms with Gasteiger partial charge in [0.2, 0.25) is 0 Å². The third-order valence-corrected chi connectivity index (χ3v) is 5.62. The maximum Gasteiger partial charge on any atom is 0.348 e. The van der Waals surface area contributed by atoms with Gasteiger partial charge >= 0.3 is 5.97 Å². The van der Waals surface area contributed by atoms with Gasteiger partial charge in [-0.15, -0.1) is 11.3 Å². The van der Waals surface area contributed by atoms with Crippen LogP contribution in [-0.4, -0.2) is 35.4 Å². The van der Waals surface area contributed by atoms with Crippen LogP contribution < -0.4 is 10.1 Å². The molecule has 0 saturated heterocycles. The molecule has 0 unspecified atom stereocenters. The Hall–Kier alpha value is -3.72. The normalized spacial score (nSPS) is 10.8. The van der Waals surface area contributed by atoms with Crippen LogP contribution in [0.4, 0.5) is 10.1 Å². The molecule has 0 bridgehead atoms. The number of halogens is 1. The van der Waals surface area contributed by atoms with Crippen molar-refractivity contribution in [2.45, 2.75) is 6.92 Å². The molecule has 9 heteroatoms. The highest BCUT2D eigenvalue weighted by Gasteiger charge is 2.19. The van der Waals surface area contributed by atoms with Crippen LogP contribution in [0.3, 0.4) is 0 Å². The van der Waals surface area contributed by atoms with E-state index in [0.717, 1.165) is 15.9 Å². The van der Waals surface area contributed by atoms with Gasteiger partial charge in [0.15, 0.2) is 6.61 Å². The average Bonchev–Trinajstić information content (AvgIpc) is 3.34. The van der Waals surface area contributed by atoms with Crippen LogP contribution in [0.25, 0.3) is 15.9 Å². The Labute approximate surface area is 181 Å². The Morgan fingerprint density at radius 3 is 2.65 bits per heavy atom. The minimum absolute atomic E-state index is 0.342. The van der Waals surface area contributed by atoms with E-state index < -0.39 is 18.5 Å². The molecule has 1 amide bonds. The smallest absolute Gasteiger partial charge is 0.348 e. The zero-order valence-electron chi connectivity index (χ0n) is 16.7. The van der Waals surface area contributed by atoms with Crippen molar-refractivity contribution in [1.82, 2.24) is 9.78 Å². The Kier molecular flexibility index (Phi) is 5.68. The first-order valence-corrected chi connectivity index (χ1v) is 10.1. The number of methoxy groups -OCH3 is 1. The molecule has 0 spiro atoms. The zero-order valence-corrected chi connectivity index (χ0v) is 17.5. The molecule has 0 aliphatic carbocycles. The first kappa shape index (κ1) is 20.5. The van der Waals surface area contributed by atoms with Gasteiger partial charge in [-0.25, -0.2) is 13.9 Å². The molecule has 158 valence electrons. The van der Waals surface area contributed by atoms with Gasteiger partial charge in [-0.2, -0.15) is 5.10 Å². The largest absolute Gasteiger partial charge is 0.495 e. The van der Waals surface area contributed by atoms with Gasteiger partial charge < -0.3 is 14.8 Å². The van der Waals surface area contributed by atoms with E-state index in [2.05, 4.69) is 10.4 Å². The molecule has 0 aliphatic heterocycles. The fourth-order valence-electron chi connectivity index (χ4n) is 3.04. The van der Waals surface area contributed by atoms with Gasteiger partial charge in [0.05, 0.1) is 24.2 Å². The van der Waals surface area contributed by atoms with E-state index in [0.29, 0.717) is 22.0 Å². The van der Waals surface area contributed by atoms with Gasteiger partial charge in [0.1, 0.15) is 21.3 Å². The lowest BCUT2D eigenvalue weighted by molar-refractivity contribution is -0.119. The number of thiophene rings is 1. The van der Waals surface area contributed by atoms with Crippen LogP contribution in [0.1, 0.15) is 15.4 Å². The summed E-state index contributed by atoms with van der Waals surface area (Å²) in [6, 6.07) is 14.5. The molecule has 0 radical (unpaired) electrons. The Morgan fingerprint density at radius 2 is 1.90 bits per heavy atom. The van der Waals surface area contributed by atoms with E-state index in [1.807, 2.05) is 6.92 Å². The second kappa shape index (κ2) is 8.57. The molecule has 7 nitrogen and oxygen atoms in total. The summed E-state index contributed by atoms with van der Waals surface area (Å²) in [7, 11) is 1.50. The van der Waals surface area contributed by atoms with Gasteiger partial charge in [-0.1, -0.05) is 12.1 Å². The summed E-state index contributed by atoms with van der Waals surface area (Å²) in [6.45, 7) is 1.39. The van der Waals surface area contributed by atoms with Crippen LogP contribution in [-0.2, 0) is 9.53 Å². The molecule has 31 heavy (non-hydrogen) atoms. The SMILES string of the molecule is COc1ccccc1NC(=O)COC(=O)c1cc2c(C)nn(-c3ccc(F)cc3)c2s1. The molecule has 2 heterocycles. The number of fused-ring (bicyclic) bond motifs is 1. The molecule has 2 aromatic heterocycles. The van der Waals surface area contributed by atoms with Crippen LogP contribution in [0.2, 0.25) is 0 Å². The molecule has 2 aromatic carbocycles. The molecule has 4 rings (SSSR count). The maximum absolute atomic E-state index is 13.2. The number of carbonyl (C=O) groups is 2. The number of hydrogen-bond donors (Lipinski definition) is 1. The number of para-hydroxylation sites is 2. The number of amides is 1. The topological polar surface area (TPSA) is 82.4 Å². The van der Waals surface area contributed by atoms with Crippen LogP contribution in [0.5, 0.6) is 5.75 Å². The van der Waals surface area contributed by atoms with E-state index in [9.17, 15) is 14.0 Å². The summed E-state index contributed by atoms with van der Waals surface area (Å²) in [5.74, 6) is -0.924. The number of nitrogens with one attached hydrogen (secondary N) is 1. The van der Waals surface area contributed by atoms with E-state index in [4.69, 9.17) is 9.47 Å². The summed E-state index contributed by atoms with van der Waals surface area (Å²) in [5, 5.41) is 7.91. The van der Waals surface area contributed by atoms with E-state index in [1.165, 1.54) is 30.6 Å². The highest BCUT2D eigenvalue weighted by Crippen LogP contribution is 2.31. The number of esters is 1. The van der Waals surface area contributed by atoms with Crippen molar-refractivity contribution >= 4 is 39.1 Å². The fourth-order valence-corrected chi connectivity index (χ4v) is 4.12. The first-order chi connectivity index (χ1) is 15.0. The van der Waals surface area contributed by atoms with Gasteiger partial charge in [-0.05, 0) is 49.4 Å². The summed E-state index contributed by atoms with van der Waals surface area (Å²) < 4.78 is 25.2. The molecule has 0 aliphatic rings. The number of aryl methyl sites for hydroxylation is 1. The molecule has 0 fully saturated rings. The molecular formula is C22H18FN3O4S. The number of anilines is 1. The summed E-state index contributed by atoms with van der Waals surface area (Å²) in [5.41, 5.74) is 1.89. The van der Waals surface area contributed by atoms with Gasteiger partial charge in [-0.3, -0.25) is 4.79 Å². The molecule has 4 aromatic rings. The molecule has 0 atom stereocenters. The lowest BCUT2D eigenvalue weighted by atomic mass is 10.3. The number of carbonyl (C=O) groups excluding carboxylic acids is 2. The summed E-state index contributed by atoms with van der Waals surface area (Å²) >= 11 is 1.19. The molecular weight excluding hydrogens is 421 g/mol. The zero-order chi connectivity index (χ0) is 22.0. The van der Waals surface area contributed by atoms with Crippen molar-refractivity contribution in [1.29, 1.82) is 0 Å². The third kappa shape index (κ3) is 4.26. The monoisotopic (exact) mass is 439 g/mol. The second-order valence-corrected chi connectivity index (χ2v) is 7.66. The van der Waals surface area contributed by atoms with Crippen molar-refractivity contribution in [2.75, 3.05) is 19.0 Å². The number of benzene rings is 2. The van der Waals surface area contributed by atoms with Crippen LogP contribution in [0, 0.1) is 12.7 Å². The first-order valence-electron chi connectivity index (χ1n) is 9.31. The Morgan fingerprint density at radius 1 is 1.16 bits per heavy atom. The Bertz CT molecular complexity index is 1260. The van der Waals surface area contributed by atoms with Crippen molar-refractivity contribution in [2.24, 2.45) is 0 Å². The highest BCUT2D eigenvalue weighted by molar-refractivity contribution is 7.20. The van der Waals surface area contributed by atoms with Crippen molar-refractivity contribution in [3.8, 4) is 11.4 Å². The lowest BCUT2D eigenvalue weighted by Crippen LogP contribution is -2.20. The number of ether oxygens (including phenoxy) is 2. The molecule has 0 saturated carbocycles. The minimum Gasteiger partial charge on any atom is -0.495 e. The predicted octanol–water partition coefficient (Wildman–Crippen LogP) is 4.34. The van der Waals surface area contributed by atoms with E-state index in [-0.39, 0.29) is 5.82 Å². The van der Waals surface area contributed by atoms with Gasteiger partial charge in [0.25, 0.3) is 5.91 Å². The van der Waals surface area contributed by atoms with Crippen molar-refractivity contribution in [3.05, 3.63) is 71.0 Å². The van der Waals surface area contributed by atoms with E-state index >= 15 is 0 Å². The average molecular weight is 439 g/mol. The number of aromatic nitrogens is 2. The van der Waals surface area contributed by atoms with E-state index in [1.54, 1.807) is 47.1 Å². The third-order valence-electron chi connectivity index (χ3n) is 4.53. The van der Waals surface area contributed by atoms with Crippen LogP contribution >= 0.6 is 11.3 Å².